The number of amides is 1. The maximum absolute atomic E-state index is 14.0. The Kier molecular flexibility index (Phi) is 4.92. The summed E-state index contributed by atoms with van der Waals surface area (Å²) in [5.41, 5.74) is -2.10. The Morgan fingerprint density at radius 2 is 2.27 bits per heavy atom. The number of carbonyl (C=O) groups excluding carboxylic acids is 1. The first-order valence-corrected chi connectivity index (χ1v) is 6.75. The molecular weight excluding hydrogens is 295 g/mol. The van der Waals surface area contributed by atoms with Gasteiger partial charge in [0.15, 0.2) is 0 Å². The summed E-state index contributed by atoms with van der Waals surface area (Å²) in [5, 5.41) is 8.85. The number of carbonyl (C=O) groups is 2. The highest BCUT2D eigenvalue weighted by molar-refractivity contribution is 5.95. The molecule has 2 heterocycles. The molecule has 8 heteroatoms. The molecule has 7 nitrogen and oxygen atoms in total. The van der Waals surface area contributed by atoms with Gasteiger partial charge in [-0.1, -0.05) is 0 Å². The molecule has 0 spiro atoms. The van der Waals surface area contributed by atoms with Gasteiger partial charge in [-0.25, -0.2) is 14.2 Å². The number of rotatable bonds is 6. The molecule has 22 heavy (non-hydrogen) atoms. The minimum absolute atomic E-state index is 0.0593. The second-order valence-electron chi connectivity index (χ2n) is 4.97. The highest BCUT2D eigenvalue weighted by Gasteiger charge is 2.47. The number of carboxylic acid groups (broad SMARTS) is 1. The molecule has 2 rings (SSSR count). The lowest BCUT2D eigenvalue weighted by atomic mass is 10.1. The summed E-state index contributed by atoms with van der Waals surface area (Å²) in [5.74, 6) is -1.73. The van der Waals surface area contributed by atoms with Gasteiger partial charge in [-0.3, -0.25) is 4.79 Å². The number of ether oxygens (including phenoxy) is 2. The molecule has 1 aliphatic rings. The monoisotopic (exact) mass is 312 g/mol. The van der Waals surface area contributed by atoms with Gasteiger partial charge in [-0.05, 0) is 6.07 Å². The molecule has 0 aromatic carbocycles. The summed E-state index contributed by atoms with van der Waals surface area (Å²) in [7, 11) is 1.54. The van der Waals surface area contributed by atoms with Crippen LogP contribution < -0.4 is 4.74 Å². The SMILES string of the molecule is COCCOc1cc(C(=O)N2CCC(F)(C(=O)O)C2)ccn1. The lowest BCUT2D eigenvalue weighted by Crippen LogP contribution is -2.38. The zero-order valence-corrected chi connectivity index (χ0v) is 12.1. The van der Waals surface area contributed by atoms with Crippen LogP contribution in [0.25, 0.3) is 0 Å². The van der Waals surface area contributed by atoms with Crippen molar-refractivity contribution in [3.63, 3.8) is 0 Å². The third kappa shape index (κ3) is 3.51. The Hall–Kier alpha value is -2.22. The molecule has 1 aliphatic heterocycles. The van der Waals surface area contributed by atoms with Crippen LogP contribution in [0.2, 0.25) is 0 Å². The topological polar surface area (TPSA) is 89.0 Å². The number of aromatic nitrogens is 1. The summed E-state index contributed by atoms with van der Waals surface area (Å²) in [4.78, 5) is 28.3. The van der Waals surface area contributed by atoms with Crippen molar-refractivity contribution < 1.29 is 28.6 Å². The van der Waals surface area contributed by atoms with E-state index in [1.54, 1.807) is 0 Å². The molecule has 0 bridgehead atoms. The number of hydrogen-bond donors (Lipinski definition) is 1. The van der Waals surface area contributed by atoms with Crippen molar-refractivity contribution in [2.24, 2.45) is 0 Å². The molecular formula is C14H17FN2O5. The first-order chi connectivity index (χ1) is 10.5. The Labute approximate surface area is 126 Å². The molecule has 1 unspecified atom stereocenters. The van der Waals surface area contributed by atoms with Crippen molar-refractivity contribution in [1.29, 1.82) is 0 Å². The molecule has 1 saturated heterocycles. The maximum atomic E-state index is 14.0. The van der Waals surface area contributed by atoms with Gasteiger partial charge in [0.05, 0.1) is 13.2 Å². The average molecular weight is 312 g/mol. The van der Waals surface area contributed by atoms with Crippen LogP contribution in [0.5, 0.6) is 5.88 Å². The number of likely N-dealkylation sites (tertiary alicyclic amines) is 1. The van der Waals surface area contributed by atoms with Crippen molar-refractivity contribution in [2.75, 3.05) is 33.4 Å². The van der Waals surface area contributed by atoms with Crippen LogP contribution in [-0.2, 0) is 9.53 Å². The second kappa shape index (κ2) is 6.69. The number of halogens is 1. The lowest BCUT2D eigenvalue weighted by molar-refractivity contribution is -0.149. The number of pyridine rings is 1. The molecule has 0 aliphatic carbocycles. The van der Waals surface area contributed by atoms with Crippen LogP contribution in [0, 0.1) is 0 Å². The van der Waals surface area contributed by atoms with Gasteiger partial charge in [-0.15, -0.1) is 0 Å². The van der Waals surface area contributed by atoms with Crippen LogP contribution in [0.1, 0.15) is 16.8 Å². The molecule has 0 radical (unpaired) electrons. The molecule has 0 saturated carbocycles. The quantitative estimate of drug-likeness (QED) is 0.780. The second-order valence-corrected chi connectivity index (χ2v) is 4.97. The molecule has 1 aromatic rings. The Balaban J connectivity index is 2.04. The molecule has 1 atom stereocenters. The first kappa shape index (κ1) is 16.2. The first-order valence-electron chi connectivity index (χ1n) is 6.75. The third-order valence-electron chi connectivity index (χ3n) is 3.41. The summed E-state index contributed by atoms with van der Waals surface area (Å²) < 4.78 is 24.1. The van der Waals surface area contributed by atoms with E-state index < -0.39 is 24.1 Å². The fraction of sp³-hybridized carbons (Fsp3) is 0.500. The molecule has 1 fully saturated rings. The summed E-state index contributed by atoms with van der Waals surface area (Å²) in [6.45, 7) is 0.277. The van der Waals surface area contributed by atoms with Crippen molar-refractivity contribution >= 4 is 11.9 Å². The Bertz CT molecular complexity index is 568. The van der Waals surface area contributed by atoms with E-state index in [2.05, 4.69) is 4.98 Å². The predicted octanol–water partition coefficient (Wildman–Crippen LogP) is 0.746. The van der Waals surface area contributed by atoms with Gasteiger partial charge >= 0.3 is 5.97 Å². The zero-order valence-electron chi connectivity index (χ0n) is 12.1. The number of carboxylic acids is 1. The van der Waals surface area contributed by atoms with Crippen molar-refractivity contribution in [2.45, 2.75) is 12.1 Å². The lowest BCUT2D eigenvalue weighted by Gasteiger charge is -2.18. The van der Waals surface area contributed by atoms with E-state index in [0.717, 1.165) is 0 Å². The van der Waals surface area contributed by atoms with E-state index in [-0.39, 0.29) is 31.0 Å². The molecule has 1 N–H and O–H groups in total. The van der Waals surface area contributed by atoms with E-state index in [4.69, 9.17) is 14.6 Å². The third-order valence-corrected chi connectivity index (χ3v) is 3.41. The minimum Gasteiger partial charge on any atom is -0.479 e. The van der Waals surface area contributed by atoms with E-state index in [9.17, 15) is 14.0 Å². The summed E-state index contributed by atoms with van der Waals surface area (Å²) in [6, 6.07) is 2.92. The van der Waals surface area contributed by atoms with Crippen molar-refractivity contribution in [1.82, 2.24) is 9.88 Å². The maximum Gasteiger partial charge on any atom is 0.343 e. The molecule has 1 aromatic heterocycles. The van der Waals surface area contributed by atoms with Crippen LogP contribution in [0.3, 0.4) is 0 Å². The van der Waals surface area contributed by atoms with Crippen LogP contribution in [0.4, 0.5) is 4.39 Å². The normalized spacial score (nSPS) is 20.9. The smallest absolute Gasteiger partial charge is 0.343 e. The van der Waals surface area contributed by atoms with Crippen LogP contribution >= 0.6 is 0 Å². The fourth-order valence-electron chi connectivity index (χ4n) is 2.15. The van der Waals surface area contributed by atoms with Crippen molar-refractivity contribution in [3.8, 4) is 5.88 Å². The fourth-order valence-corrected chi connectivity index (χ4v) is 2.15. The van der Waals surface area contributed by atoms with Gasteiger partial charge in [0.1, 0.15) is 6.61 Å². The van der Waals surface area contributed by atoms with Gasteiger partial charge < -0.3 is 19.5 Å². The van der Waals surface area contributed by atoms with Crippen molar-refractivity contribution in [3.05, 3.63) is 23.9 Å². The van der Waals surface area contributed by atoms with E-state index in [0.29, 0.717) is 6.61 Å². The van der Waals surface area contributed by atoms with E-state index in [1.165, 1.54) is 30.3 Å². The highest BCUT2D eigenvalue weighted by Crippen LogP contribution is 2.27. The number of alkyl halides is 1. The summed E-state index contributed by atoms with van der Waals surface area (Å²) >= 11 is 0. The Morgan fingerprint density at radius 1 is 1.50 bits per heavy atom. The van der Waals surface area contributed by atoms with E-state index in [1.807, 2.05) is 0 Å². The van der Waals surface area contributed by atoms with Gasteiger partial charge in [0.2, 0.25) is 11.5 Å². The predicted molar refractivity (Wildman–Crippen MR) is 73.6 cm³/mol. The number of nitrogens with zero attached hydrogens (tertiary/aromatic N) is 2. The largest absolute Gasteiger partial charge is 0.479 e. The average Bonchev–Trinajstić information content (AvgIpc) is 2.91. The highest BCUT2D eigenvalue weighted by atomic mass is 19.1. The number of aliphatic carboxylic acids is 1. The number of hydrogen-bond acceptors (Lipinski definition) is 5. The standard InChI is InChI=1S/C14H17FN2O5/c1-21-6-7-22-11-8-10(2-4-16-11)12(18)17-5-3-14(15,9-17)13(19)20/h2,4,8H,3,5-7,9H2,1H3,(H,19,20). The van der Waals surface area contributed by atoms with Crippen LogP contribution in [0.15, 0.2) is 18.3 Å². The number of methoxy groups -OCH3 is 1. The van der Waals surface area contributed by atoms with Gasteiger partial charge in [-0.2, -0.15) is 0 Å². The molecule has 1 amide bonds. The zero-order chi connectivity index (χ0) is 16.2. The van der Waals surface area contributed by atoms with Crippen LogP contribution in [-0.4, -0.2) is 65.9 Å². The van der Waals surface area contributed by atoms with Gasteiger partial charge in [0.25, 0.3) is 5.91 Å². The molecule has 120 valence electrons. The van der Waals surface area contributed by atoms with E-state index >= 15 is 0 Å². The van der Waals surface area contributed by atoms with Gasteiger partial charge in [0, 0.05) is 37.9 Å². The minimum atomic E-state index is -2.37. The summed E-state index contributed by atoms with van der Waals surface area (Å²) in [6.07, 6.45) is 1.20. The Morgan fingerprint density at radius 3 is 2.91 bits per heavy atom.